The van der Waals surface area contributed by atoms with Crippen molar-refractivity contribution in [2.45, 2.75) is 0 Å². The molecule has 0 atom stereocenters. The first-order valence-electron chi connectivity index (χ1n) is 9.19. The van der Waals surface area contributed by atoms with Crippen molar-refractivity contribution in [1.82, 2.24) is 5.32 Å². The zero-order valence-corrected chi connectivity index (χ0v) is 15.5. The van der Waals surface area contributed by atoms with E-state index in [1.54, 1.807) is 42.5 Å². The molecule has 3 aromatic carbocycles. The average Bonchev–Trinajstić information content (AvgIpc) is 3.02. The van der Waals surface area contributed by atoms with Crippen LogP contribution in [0.3, 0.4) is 0 Å². The van der Waals surface area contributed by atoms with Crippen LogP contribution in [0.15, 0.2) is 78.9 Å². The minimum Gasteiger partial charge on any atom is -0.492 e. The van der Waals surface area contributed by atoms with Crippen LogP contribution in [0.4, 0.5) is 5.69 Å². The smallest absolute Gasteiger partial charge is 0.266 e. The summed E-state index contributed by atoms with van der Waals surface area (Å²) in [4.78, 5) is 38.8. The van der Waals surface area contributed by atoms with Gasteiger partial charge in [0.05, 0.1) is 23.4 Å². The molecule has 4 rings (SSSR count). The Labute approximate surface area is 167 Å². The third-order valence-corrected chi connectivity index (χ3v) is 4.56. The van der Waals surface area contributed by atoms with Gasteiger partial charge in [0.25, 0.3) is 17.7 Å². The number of para-hydroxylation sites is 1. The SMILES string of the molecule is O=C(NCCOc1ccccc1)c1cccc(N2C(=O)c3ccccc3C2=O)c1. The Hall–Kier alpha value is -3.93. The third kappa shape index (κ3) is 3.73. The molecule has 0 bridgehead atoms. The molecule has 6 heteroatoms. The summed E-state index contributed by atoms with van der Waals surface area (Å²) >= 11 is 0. The van der Waals surface area contributed by atoms with Crippen molar-refractivity contribution in [3.63, 3.8) is 0 Å². The largest absolute Gasteiger partial charge is 0.492 e. The molecule has 1 N–H and O–H groups in total. The summed E-state index contributed by atoms with van der Waals surface area (Å²) in [6.45, 7) is 0.652. The highest BCUT2D eigenvalue weighted by Gasteiger charge is 2.36. The van der Waals surface area contributed by atoms with Crippen molar-refractivity contribution >= 4 is 23.4 Å². The van der Waals surface area contributed by atoms with Crippen molar-refractivity contribution < 1.29 is 19.1 Å². The van der Waals surface area contributed by atoms with Gasteiger partial charge >= 0.3 is 0 Å². The van der Waals surface area contributed by atoms with E-state index in [1.807, 2.05) is 30.3 Å². The molecule has 1 aliphatic heterocycles. The van der Waals surface area contributed by atoms with Crippen LogP contribution in [-0.4, -0.2) is 30.9 Å². The number of rotatable bonds is 6. The van der Waals surface area contributed by atoms with Gasteiger partial charge in [-0.25, -0.2) is 4.90 Å². The van der Waals surface area contributed by atoms with Crippen molar-refractivity contribution in [2.75, 3.05) is 18.1 Å². The van der Waals surface area contributed by atoms with E-state index >= 15 is 0 Å². The van der Waals surface area contributed by atoms with Crippen LogP contribution in [0.2, 0.25) is 0 Å². The lowest BCUT2D eigenvalue weighted by molar-refractivity contribution is 0.0918. The van der Waals surface area contributed by atoms with Crippen LogP contribution < -0.4 is 15.0 Å². The number of nitrogens with one attached hydrogen (secondary N) is 1. The fourth-order valence-corrected chi connectivity index (χ4v) is 3.16. The number of carbonyl (C=O) groups excluding carboxylic acids is 3. The molecule has 0 radical (unpaired) electrons. The molecule has 0 saturated heterocycles. The number of hydrogen-bond donors (Lipinski definition) is 1. The Morgan fingerprint density at radius 1 is 0.828 bits per heavy atom. The molecule has 144 valence electrons. The van der Waals surface area contributed by atoms with Crippen LogP contribution in [0.1, 0.15) is 31.1 Å². The fraction of sp³-hybridized carbons (Fsp3) is 0.0870. The first-order chi connectivity index (χ1) is 14.1. The topological polar surface area (TPSA) is 75.7 Å². The molecular weight excluding hydrogens is 368 g/mol. The van der Waals surface area contributed by atoms with Gasteiger partial charge in [-0.15, -0.1) is 0 Å². The van der Waals surface area contributed by atoms with Gasteiger partial charge in [0.1, 0.15) is 12.4 Å². The van der Waals surface area contributed by atoms with E-state index in [1.165, 1.54) is 6.07 Å². The lowest BCUT2D eigenvalue weighted by Crippen LogP contribution is -2.31. The zero-order chi connectivity index (χ0) is 20.2. The fourth-order valence-electron chi connectivity index (χ4n) is 3.16. The first kappa shape index (κ1) is 18.4. The van der Waals surface area contributed by atoms with Gasteiger partial charge in [-0.2, -0.15) is 0 Å². The van der Waals surface area contributed by atoms with E-state index in [-0.39, 0.29) is 17.7 Å². The van der Waals surface area contributed by atoms with E-state index in [9.17, 15) is 14.4 Å². The zero-order valence-electron chi connectivity index (χ0n) is 15.5. The lowest BCUT2D eigenvalue weighted by Gasteiger charge is -2.15. The van der Waals surface area contributed by atoms with Crippen molar-refractivity contribution in [1.29, 1.82) is 0 Å². The summed E-state index contributed by atoms with van der Waals surface area (Å²) in [5.74, 6) is -0.353. The van der Waals surface area contributed by atoms with Crippen molar-refractivity contribution in [3.8, 4) is 5.75 Å². The first-order valence-corrected chi connectivity index (χ1v) is 9.19. The second-order valence-corrected chi connectivity index (χ2v) is 6.46. The normalized spacial score (nSPS) is 12.6. The monoisotopic (exact) mass is 386 g/mol. The van der Waals surface area contributed by atoms with Gasteiger partial charge in [-0.3, -0.25) is 14.4 Å². The van der Waals surface area contributed by atoms with E-state index in [0.717, 1.165) is 10.6 Å². The Morgan fingerprint density at radius 2 is 1.48 bits per heavy atom. The standard InChI is InChI=1S/C23H18N2O4/c26-21(24-13-14-29-18-9-2-1-3-10-18)16-7-6-8-17(15-16)25-22(27)19-11-4-5-12-20(19)23(25)28/h1-12,15H,13-14H2,(H,24,26). The molecule has 3 aromatic rings. The Kier molecular flexibility index (Phi) is 5.07. The summed E-state index contributed by atoms with van der Waals surface area (Å²) in [6, 6.07) is 22.5. The van der Waals surface area contributed by atoms with Gasteiger partial charge in [-0.05, 0) is 42.5 Å². The molecule has 29 heavy (non-hydrogen) atoms. The van der Waals surface area contributed by atoms with Gasteiger partial charge in [-0.1, -0.05) is 36.4 Å². The Morgan fingerprint density at radius 3 is 2.17 bits per heavy atom. The van der Waals surface area contributed by atoms with Crippen LogP contribution in [-0.2, 0) is 0 Å². The van der Waals surface area contributed by atoms with Gasteiger partial charge in [0.2, 0.25) is 0 Å². The van der Waals surface area contributed by atoms with Crippen LogP contribution in [0, 0.1) is 0 Å². The highest BCUT2D eigenvalue weighted by molar-refractivity contribution is 6.34. The van der Waals surface area contributed by atoms with Crippen LogP contribution in [0.5, 0.6) is 5.75 Å². The number of carbonyl (C=O) groups is 3. The van der Waals surface area contributed by atoms with Gasteiger partial charge < -0.3 is 10.1 Å². The van der Waals surface area contributed by atoms with Crippen LogP contribution in [0.25, 0.3) is 0 Å². The number of hydrogen-bond acceptors (Lipinski definition) is 4. The number of nitrogens with zero attached hydrogens (tertiary/aromatic N) is 1. The molecule has 0 unspecified atom stereocenters. The Bertz CT molecular complexity index is 1040. The highest BCUT2D eigenvalue weighted by atomic mass is 16.5. The number of anilines is 1. The van der Waals surface area contributed by atoms with Crippen molar-refractivity contribution in [2.24, 2.45) is 0 Å². The minimum atomic E-state index is -0.389. The summed E-state index contributed by atoms with van der Waals surface area (Å²) in [5.41, 5.74) is 1.46. The predicted octanol–water partition coefficient (Wildman–Crippen LogP) is 3.30. The average molecular weight is 386 g/mol. The summed E-state index contributed by atoms with van der Waals surface area (Å²) in [7, 11) is 0. The maximum absolute atomic E-state index is 12.6. The number of amides is 3. The number of fused-ring (bicyclic) bond motifs is 1. The van der Waals surface area contributed by atoms with E-state index in [4.69, 9.17) is 4.74 Å². The second kappa shape index (κ2) is 7.98. The van der Waals surface area contributed by atoms with Crippen LogP contribution >= 0.6 is 0 Å². The van der Waals surface area contributed by atoms with E-state index < -0.39 is 0 Å². The number of benzene rings is 3. The van der Waals surface area contributed by atoms with Crippen molar-refractivity contribution in [3.05, 3.63) is 95.6 Å². The maximum Gasteiger partial charge on any atom is 0.266 e. The molecule has 0 aromatic heterocycles. The molecule has 3 amide bonds. The number of ether oxygens (including phenoxy) is 1. The second-order valence-electron chi connectivity index (χ2n) is 6.46. The maximum atomic E-state index is 12.6. The predicted molar refractivity (Wildman–Crippen MR) is 108 cm³/mol. The summed E-state index contributed by atoms with van der Waals surface area (Å²) < 4.78 is 5.55. The molecule has 1 heterocycles. The summed E-state index contributed by atoms with van der Waals surface area (Å²) in [5, 5.41) is 2.77. The van der Waals surface area contributed by atoms with E-state index in [2.05, 4.69) is 5.32 Å². The summed E-state index contributed by atoms with van der Waals surface area (Å²) in [6.07, 6.45) is 0. The quantitative estimate of drug-likeness (QED) is 0.521. The molecule has 0 spiro atoms. The number of imide groups is 1. The molecule has 1 aliphatic rings. The molecule has 0 fully saturated rings. The third-order valence-electron chi connectivity index (χ3n) is 4.56. The molecular formula is C23H18N2O4. The lowest BCUT2D eigenvalue weighted by atomic mass is 10.1. The highest BCUT2D eigenvalue weighted by Crippen LogP contribution is 2.28. The van der Waals surface area contributed by atoms with Gasteiger partial charge in [0, 0.05) is 5.56 Å². The molecule has 0 aliphatic carbocycles. The Balaban J connectivity index is 1.42. The van der Waals surface area contributed by atoms with E-state index in [0.29, 0.717) is 35.5 Å². The van der Waals surface area contributed by atoms with Gasteiger partial charge in [0.15, 0.2) is 0 Å². The molecule has 6 nitrogen and oxygen atoms in total. The molecule has 0 saturated carbocycles. The minimum absolute atomic E-state index is 0.305.